The first-order chi connectivity index (χ1) is 6.44. The second kappa shape index (κ2) is 5.98. The van der Waals surface area contributed by atoms with Gasteiger partial charge in [-0.2, -0.15) is 0 Å². The minimum Gasteiger partial charge on any atom is -0.354 e. The van der Waals surface area contributed by atoms with E-state index in [4.69, 9.17) is 5.73 Å². The number of amides is 1. The summed E-state index contributed by atoms with van der Waals surface area (Å²) in [4.78, 5) is 13.7. The van der Waals surface area contributed by atoms with Crippen molar-refractivity contribution in [1.82, 2.24) is 10.2 Å². The van der Waals surface area contributed by atoms with Gasteiger partial charge in [0.05, 0.1) is 5.41 Å². The van der Waals surface area contributed by atoms with Gasteiger partial charge in [0.15, 0.2) is 0 Å². The van der Waals surface area contributed by atoms with E-state index in [0.717, 1.165) is 13.1 Å². The fourth-order valence-electron chi connectivity index (χ4n) is 0.850. The summed E-state index contributed by atoms with van der Waals surface area (Å²) in [6.07, 6.45) is 0. The Morgan fingerprint density at radius 2 is 2.07 bits per heavy atom. The van der Waals surface area contributed by atoms with E-state index >= 15 is 0 Å². The van der Waals surface area contributed by atoms with Crippen molar-refractivity contribution in [3.63, 3.8) is 0 Å². The molecule has 0 rings (SSSR count). The van der Waals surface area contributed by atoms with Gasteiger partial charge in [-0.1, -0.05) is 6.92 Å². The van der Waals surface area contributed by atoms with Gasteiger partial charge < -0.3 is 16.0 Å². The summed E-state index contributed by atoms with van der Waals surface area (Å²) in [5, 5.41) is 2.88. The lowest BCUT2D eigenvalue weighted by molar-refractivity contribution is -0.128. The highest BCUT2D eigenvalue weighted by molar-refractivity contribution is 5.81. The molecule has 3 N–H and O–H groups in total. The smallest absolute Gasteiger partial charge is 0.226 e. The normalized spacial score (nSPS) is 11.9. The maximum Gasteiger partial charge on any atom is 0.226 e. The molecule has 0 atom stereocenters. The average molecular weight is 201 g/mol. The van der Waals surface area contributed by atoms with Crippen LogP contribution in [0.5, 0.6) is 0 Å². The quantitative estimate of drug-likeness (QED) is 0.638. The van der Waals surface area contributed by atoms with Crippen LogP contribution in [0.3, 0.4) is 0 Å². The zero-order valence-electron chi connectivity index (χ0n) is 9.76. The predicted molar refractivity (Wildman–Crippen MR) is 59.0 cm³/mol. The van der Waals surface area contributed by atoms with E-state index in [1.54, 1.807) is 0 Å². The first-order valence-corrected chi connectivity index (χ1v) is 5.11. The van der Waals surface area contributed by atoms with Gasteiger partial charge in [0.1, 0.15) is 0 Å². The Morgan fingerprint density at radius 1 is 1.50 bits per heavy atom. The van der Waals surface area contributed by atoms with Crippen molar-refractivity contribution >= 4 is 5.91 Å². The number of hydrogen-bond donors (Lipinski definition) is 2. The second-order valence-electron chi connectivity index (χ2n) is 4.24. The third-order valence-electron chi connectivity index (χ3n) is 2.44. The van der Waals surface area contributed by atoms with Crippen LogP contribution in [0.2, 0.25) is 0 Å². The van der Waals surface area contributed by atoms with Crippen LogP contribution in [-0.4, -0.2) is 44.0 Å². The molecule has 0 saturated carbocycles. The molecular weight excluding hydrogens is 178 g/mol. The number of rotatable bonds is 6. The molecule has 0 aromatic rings. The summed E-state index contributed by atoms with van der Waals surface area (Å²) in [6, 6.07) is 0. The third-order valence-corrected chi connectivity index (χ3v) is 2.44. The molecule has 0 aliphatic carbocycles. The minimum absolute atomic E-state index is 0.0319. The van der Waals surface area contributed by atoms with Crippen LogP contribution >= 0.6 is 0 Å². The van der Waals surface area contributed by atoms with Gasteiger partial charge in [0.2, 0.25) is 5.91 Å². The fraction of sp³-hybridized carbons (Fsp3) is 0.900. The van der Waals surface area contributed by atoms with E-state index in [1.807, 2.05) is 20.9 Å². The number of nitrogens with two attached hydrogens (primary N) is 1. The molecule has 0 spiro atoms. The Kier molecular flexibility index (Phi) is 5.72. The Balaban J connectivity index is 3.75. The summed E-state index contributed by atoms with van der Waals surface area (Å²) < 4.78 is 0. The van der Waals surface area contributed by atoms with Crippen LogP contribution in [0.15, 0.2) is 0 Å². The average Bonchev–Trinajstić information content (AvgIpc) is 2.17. The molecule has 0 bridgehead atoms. The van der Waals surface area contributed by atoms with Gasteiger partial charge in [-0.3, -0.25) is 4.79 Å². The van der Waals surface area contributed by atoms with Crippen molar-refractivity contribution in [2.24, 2.45) is 11.1 Å². The Labute approximate surface area is 86.8 Å². The van der Waals surface area contributed by atoms with Crippen molar-refractivity contribution < 1.29 is 4.79 Å². The molecule has 0 aromatic carbocycles. The fourth-order valence-corrected chi connectivity index (χ4v) is 0.850. The molecule has 14 heavy (non-hydrogen) atoms. The molecule has 84 valence electrons. The van der Waals surface area contributed by atoms with Crippen LogP contribution < -0.4 is 11.1 Å². The maximum absolute atomic E-state index is 11.6. The first kappa shape index (κ1) is 13.4. The van der Waals surface area contributed by atoms with E-state index in [1.165, 1.54) is 0 Å². The highest BCUT2D eigenvalue weighted by Crippen LogP contribution is 2.11. The molecule has 0 fully saturated rings. The molecule has 4 nitrogen and oxygen atoms in total. The molecule has 0 aliphatic heterocycles. The summed E-state index contributed by atoms with van der Waals surface area (Å²) in [7, 11) is 2.03. The van der Waals surface area contributed by atoms with Gasteiger partial charge in [-0.15, -0.1) is 0 Å². The van der Waals surface area contributed by atoms with Gasteiger partial charge >= 0.3 is 0 Å². The highest BCUT2D eigenvalue weighted by atomic mass is 16.2. The molecule has 4 heteroatoms. The number of nitrogens with zero attached hydrogens (tertiary/aromatic N) is 1. The lowest BCUT2D eigenvalue weighted by Crippen LogP contribution is -2.44. The standard InChI is InChI=1S/C10H23N3O/c1-5-13(4)7-6-12-9(14)10(2,3)8-11/h5-8,11H2,1-4H3,(H,12,14). The molecule has 0 unspecified atom stereocenters. The molecule has 0 aromatic heterocycles. The van der Waals surface area contributed by atoms with Crippen LogP contribution in [-0.2, 0) is 4.79 Å². The summed E-state index contributed by atoms with van der Waals surface area (Å²) in [5.41, 5.74) is 5.04. The van der Waals surface area contributed by atoms with Gasteiger partial charge in [0, 0.05) is 19.6 Å². The minimum atomic E-state index is -0.454. The van der Waals surface area contributed by atoms with Crippen molar-refractivity contribution in [2.75, 3.05) is 33.2 Å². The molecule has 0 saturated heterocycles. The lowest BCUT2D eigenvalue weighted by Gasteiger charge is -2.22. The topological polar surface area (TPSA) is 58.4 Å². The molecule has 0 heterocycles. The number of carbonyl (C=O) groups is 1. The van der Waals surface area contributed by atoms with E-state index in [0.29, 0.717) is 13.1 Å². The largest absolute Gasteiger partial charge is 0.354 e. The summed E-state index contributed by atoms with van der Waals surface area (Å²) in [5.74, 6) is 0.0319. The monoisotopic (exact) mass is 201 g/mol. The van der Waals surface area contributed by atoms with E-state index in [-0.39, 0.29) is 5.91 Å². The molecular formula is C10H23N3O. The third kappa shape index (κ3) is 4.58. The lowest BCUT2D eigenvalue weighted by atomic mass is 9.93. The second-order valence-corrected chi connectivity index (χ2v) is 4.24. The van der Waals surface area contributed by atoms with Gasteiger partial charge in [0.25, 0.3) is 0 Å². The number of nitrogens with one attached hydrogen (secondary N) is 1. The van der Waals surface area contributed by atoms with Gasteiger partial charge in [-0.05, 0) is 27.4 Å². The Morgan fingerprint density at radius 3 is 2.50 bits per heavy atom. The first-order valence-electron chi connectivity index (χ1n) is 5.11. The van der Waals surface area contributed by atoms with Crippen LogP contribution in [0.25, 0.3) is 0 Å². The molecule has 0 aliphatic rings. The zero-order chi connectivity index (χ0) is 11.2. The highest BCUT2D eigenvalue weighted by Gasteiger charge is 2.24. The summed E-state index contributed by atoms with van der Waals surface area (Å²) >= 11 is 0. The van der Waals surface area contributed by atoms with Crippen LogP contribution in [0, 0.1) is 5.41 Å². The van der Waals surface area contributed by atoms with Crippen molar-refractivity contribution in [3.8, 4) is 0 Å². The van der Waals surface area contributed by atoms with Crippen molar-refractivity contribution in [2.45, 2.75) is 20.8 Å². The SMILES string of the molecule is CCN(C)CCNC(=O)C(C)(C)CN. The van der Waals surface area contributed by atoms with E-state index in [9.17, 15) is 4.79 Å². The predicted octanol–water partition coefficient (Wildman–Crippen LogP) is 0.0392. The van der Waals surface area contributed by atoms with E-state index < -0.39 is 5.41 Å². The number of carbonyl (C=O) groups excluding carboxylic acids is 1. The number of likely N-dealkylation sites (N-methyl/N-ethyl adjacent to an activating group) is 1. The number of hydrogen-bond acceptors (Lipinski definition) is 3. The summed E-state index contributed by atoms with van der Waals surface area (Å²) in [6.45, 7) is 8.73. The molecule has 0 radical (unpaired) electrons. The Bertz CT molecular complexity index is 180. The van der Waals surface area contributed by atoms with Crippen LogP contribution in [0.1, 0.15) is 20.8 Å². The van der Waals surface area contributed by atoms with Crippen molar-refractivity contribution in [1.29, 1.82) is 0 Å². The Hall–Kier alpha value is -0.610. The van der Waals surface area contributed by atoms with Crippen LogP contribution in [0.4, 0.5) is 0 Å². The zero-order valence-corrected chi connectivity index (χ0v) is 9.76. The van der Waals surface area contributed by atoms with Crippen molar-refractivity contribution in [3.05, 3.63) is 0 Å². The van der Waals surface area contributed by atoms with E-state index in [2.05, 4.69) is 17.1 Å². The maximum atomic E-state index is 11.6. The molecule has 1 amide bonds. The van der Waals surface area contributed by atoms with Gasteiger partial charge in [-0.25, -0.2) is 0 Å².